The maximum atomic E-state index is 13.2. The number of imide groups is 1. The smallest absolute Gasteiger partial charge is 0.328 e. The SMILES string of the molecule is CC1(C)[C@H](C(=O)O)N2C(=O)[C@@H](NC(=O)C(NC(=O)N3CCNC3=O)c3ccccc3)[C@H]2S1(=O)=O. The molecule has 3 fully saturated rings. The van der Waals surface area contributed by atoms with Crippen LogP contribution in [0.5, 0.6) is 0 Å². The van der Waals surface area contributed by atoms with Gasteiger partial charge in [-0.15, -0.1) is 0 Å². The van der Waals surface area contributed by atoms with Crippen LogP contribution >= 0.6 is 0 Å². The summed E-state index contributed by atoms with van der Waals surface area (Å²) in [5, 5.41) is 15.2. The number of nitrogens with zero attached hydrogens (tertiary/aromatic N) is 2. The van der Waals surface area contributed by atoms with Crippen LogP contribution in [0.2, 0.25) is 0 Å². The van der Waals surface area contributed by atoms with E-state index in [0.29, 0.717) is 5.56 Å². The number of carboxylic acids is 1. The molecular formula is C20H23N5O8S. The van der Waals surface area contributed by atoms with Gasteiger partial charge in [-0.1, -0.05) is 30.3 Å². The fourth-order valence-electron chi connectivity index (χ4n) is 4.49. The largest absolute Gasteiger partial charge is 0.480 e. The minimum atomic E-state index is -4.16. The molecule has 0 bridgehead atoms. The Bertz CT molecular complexity index is 1180. The van der Waals surface area contributed by atoms with Crippen molar-refractivity contribution < 1.29 is 37.5 Å². The predicted molar refractivity (Wildman–Crippen MR) is 115 cm³/mol. The lowest BCUT2D eigenvalue weighted by Crippen LogP contribution is -2.72. The van der Waals surface area contributed by atoms with E-state index in [4.69, 9.17) is 0 Å². The number of amides is 6. The topological polar surface area (TPSA) is 182 Å². The van der Waals surface area contributed by atoms with E-state index in [1.165, 1.54) is 13.8 Å². The van der Waals surface area contributed by atoms with Crippen molar-refractivity contribution in [2.75, 3.05) is 13.1 Å². The third-order valence-corrected chi connectivity index (χ3v) is 9.19. The van der Waals surface area contributed by atoms with Crippen molar-refractivity contribution in [1.82, 2.24) is 25.8 Å². The third-order valence-electron chi connectivity index (χ3n) is 6.36. The molecule has 6 amide bonds. The highest BCUT2D eigenvalue weighted by atomic mass is 32.2. The minimum absolute atomic E-state index is 0.0931. The van der Waals surface area contributed by atoms with Crippen LogP contribution in [0.15, 0.2) is 30.3 Å². The second kappa shape index (κ2) is 7.97. The van der Waals surface area contributed by atoms with Crippen LogP contribution in [0, 0.1) is 0 Å². The quantitative estimate of drug-likeness (QED) is 0.368. The highest BCUT2D eigenvalue weighted by molar-refractivity contribution is 7.94. The molecule has 3 saturated heterocycles. The number of nitrogens with one attached hydrogen (secondary N) is 3. The van der Waals surface area contributed by atoms with Crippen molar-refractivity contribution in [3.63, 3.8) is 0 Å². The lowest BCUT2D eigenvalue weighted by molar-refractivity contribution is -0.161. The van der Waals surface area contributed by atoms with Gasteiger partial charge in [0.15, 0.2) is 15.2 Å². The van der Waals surface area contributed by atoms with Gasteiger partial charge in [0.25, 0.3) is 0 Å². The van der Waals surface area contributed by atoms with Crippen LogP contribution in [-0.4, -0.2) is 88.5 Å². The summed E-state index contributed by atoms with van der Waals surface area (Å²) < 4.78 is 24.3. The Labute approximate surface area is 194 Å². The van der Waals surface area contributed by atoms with Gasteiger partial charge in [-0.3, -0.25) is 9.59 Å². The summed E-state index contributed by atoms with van der Waals surface area (Å²) in [6.45, 7) is 2.79. The highest BCUT2D eigenvalue weighted by Gasteiger charge is 2.72. The standard InChI is InChI=1S/C20H23N5O8S/c1-20(2)13(17(28)29)25-15(27)12(16(25)34(20,32)33)22-14(26)11(10-6-4-3-5-7-10)23-19(31)24-9-8-21-18(24)30/h3-7,11-13,16H,8-9H2,1-2H3,(H,21,30)(H,22,26)(H,23,31)(H,28,29)/t11?,12-,13+,16-/m1/s1. The lowest BCUT2D eigenvalue weighted by atomic mass is 9.95. The number of benzene rings is 1. The predicted octanol–water partition coefficient (Wildman–Crippen LogP) is -1.22. The number of carbonyl (C=O) groups excluding carboxylic acids is 4. The maximum absolute atomic E-state index is 13.2. The summed E-state index contributed by atoms with van der Waals surface area (Å²) in [5.41, 5.74) is 0.328. The Kier molecular flexibility index (Phi) is 5.50. The van der Waals surface area contributed by atoms with Gasteiger partial charge < -0.3 is 26.0 Å². The molecule has 0 saturated carbocycles. The molecule has 3 aliphatic rings. The molecule has 0 aromatic heterocycles. The van der Waals surface area contributed by atoms with Gasteiger partial charge in [0.05, 0.1) is 0 Å². The Morgan fingerprint density at radius 3 is 2.38 bits per heavy atom. The number of fused-ring (bicyclic) bond motifs is 1. The van der Waals surface area contributed by atoms with E-state index in [1.54, 1.807) is 30.3 Å². The first kappa shape index (κ1) is 23.5. The molecule has 4 rings (SSSR count). The maximum Gasteiger partial charge on any atom is 0.328 e. The van der Waals surface area contributed by atoms with Crippen LogP contribution in [-0.2, 0) is 24.2 Å². The van der Waals surface area contributed by atoms with E-state index < -0.39 is 67.9 Å². The highest BCUT2D eigenvalue weighted by Crippen LogP contribution is 2.46. The van der Waals surface area contributed by atoms with Crippen molar-refractivity contribution in [1.29, 1.82) is 0 Å². The van der Waals surface area contributed by atoms with Crippen LogP contribution in [0.4, 0.5) is 9.59 Å². The van der Waals surface area contributed by atoms with E-state index in [9.17, 15) is 37.5 Å². The molecule has 0 aliphatic carbocycles. The number of hydrogen-bond donors (Lipinski definition) is 4. The van der Waals surface area contributed by atoms with Crippen LogP contribution in [0.1, 0.15) is 25.5 Å². The summed E-state index contributed by atoms with van der Waals surface area (Å²) >= 11 is 0. The first-order valence-electron chi connectivity index (χ1n) is 10.4. The molecule has 4 atom stereocenters. The summed E-state index contributed by atoms with van der Waals surface area (Å²) in [6.07, 6.45) is 0. The number of carbonyl (C=O) groups is 5. The van der Waals surface area contributed by atoms with E-state index in [1.807, 2.05) is 0 Å². The van der Waals surface area contributed by atoms with Gasteiger partial charge in [0, 0.05) is 13.1 Å². The van der Waals surface area contributed by atoms with Crippen molar-refractivity contribution in [3.05, 3.63) is 35.9 Å². The Morgan fingerprint density at radius 1 is 1.18 bits per heavy atom. The number of rotatable bonds is 5. The molecule has 1 aromatic carbocycles. The molecule has 0 radical (unpaired) electrons. The first-order valence-corrected chi connectivity index (χ1v) is 11.9. The fraction of sp³-hybridized carbons (Fsp3) is 0.450. The number of aliphatic carboxylic acids is 1. The van der Waals surface area contributed by atoms with Gasteiger partial charge in [0.2, 0.25) is 11.8 Å². The Morgan fingerprint density at radius 2 is 1.82 bits per heavy atom. The zero-order valence-electron chi connectivity index (χ0n) is 18.2. The van der Waals surface area contributed by atoms with E-state index >= 15 is 0 Å². The average Bonchev–Trinajstić information content (AvgIpc) is 3.26. The molecule has 13 nitrogen and oxygen atoms in total. The second-order valence-electron chi connectivity index (χ2n) is 8.69. The monoisotopic (exact) mass is 493 g/mol. The van der Waals surface area contributed by atoms with Gasteiger partial charge >= 0.3 is 18.0 Å². The van der Waals surface area contributed by atoms with Crippen LogP contribution < -0.4 is 16.0 Å². The third kappa shape index (κ3) is 3.36. The number of urea groups is 2. The lowest BCUT2D eigenvalue weighted by Gasteiger charge is -2.43. The molecule has 4 N–H and O–H groups in total. The average molecular weight is 493 g/mol. The number of sulfone groups is 1. The van der Waals surface area contributed by atoms with Crippen LogP contribution in [0.3, 0.4) is 0 Å². The zero-order valence-corrected chi connectivity index (χ0v) is 19.0. The number of hydrogen-bond acceptors (Lipinski definition) is 7. The number of carboxylic acid groups (broad SMARTS) is 1. The van der Waals surface area contributed by atoms with Gasteiger partial charge in [-0.25, -0.2) is 27.7 Å². The van der Waals surface area contributed by atoms with Gasteiger partial charge in [-0.05, 0) is 19.4 Å². The second-order valence-corrected chi connectivity index (χ2v) is 11.3. The summed E-state index contributed by atoms with van der Waals surface area (Å²) in [7, 11) is -4.16. The van der Waals surface area contributed by atoms with Crippen LogP contribution in [0.25, 0.3) is 0 Å². The number of β-lactam (4-membered cyclic amide) rings is 1. The van der Waals surface area contributed by atoms with Crippen molar-refractivity contribution in [2.45, 2.75) is 42.1 Å². The normalized spacial score (nSPS) is 27.3. The van der Waals surface area contributed by atoms with E-state index in [-0.39, 0.29) is 13.1 Å². The summed E-state index contributed by atoms with van der Waals surface area (Å²) in [5.74, 6) is -3.20. The summed E-state index contributed by atoms with van der Waals surface area (Å²) in [6, 6.07) is 2.05. The molecule has 3 heterocycles. The van der Waals surface area contributed by atoms with Crippen molar-refractivity contribution in [2.24, 2.45) is 0 Å². The van der Waals surface area contributed by atoms with E-state index in [2.05, 4.69) is 16.0 Å². The summed E-state index contributed by atoms with van der Waals surface area (Å²) in [4.78, 5) is 63.7. The van der Waals surface area contributed by atoms with Gasteiger partial charge in [0.1, 0.15) is 22.9 Å². The van der Waals surface area contributed by atoms with Crippen molar-refractivity contribution in [3.8, 4) is 0 Å². The van der Waals surface area contributed by atoms with Gasteiger partial charge in [-0.2, -0.15) is 0 Å². The van der Waals surface area contributed by atoms with Crippen molar-refractivity contribution >= 4 is 39.7 Å². The molecule has 34 heavy (non-hydrogen) atoms. The molecule has 14 heteroatoms. The molecular weight excluding hydrogens is 470 g/mol. The molecule has 0 spiro atoms. The Hall–Kier alpha value is -3.68. The first-order chi connectivity index (χ1) is 15.9. The minimum Gasteiger partial charge on any atom is -0.480 e. The Balaban J connectivity index is 1.59. The zero-order chi connectivity index (χ0) is 25.0. The molecule has 3 aliphatic heterocycles. The fourth-order valence-corrected chi connectivity index (χ4v) is 6.70. The van der Waals surface area contributed by atoms with E-state index in [0.717, 1.165) is 9.80 Å². The molecule has 1 unspecified atom stereocenters. The molecule has 182 valence electrons. The molecule has 1 aromatic rings.